The summed E-state index contributed by atoms with van der Waals surface area (Å²) < 4.78 is 28.0. The van der Waals surface area contributed by atoms with Crippen molar-refractivity contribution >= 4 is 33.4 Å². The van der Waals surface area contributed by atoms with Crippen LogP contribution >= 0.6 is 11.6 Å². The summed E-state index contributed by atoms with van der Waals surface area (Å²) in [4.78, 5) is 28.7. The first kappa shape index (κ1) is 23.6. The van der Waals surface area contributed by atoms with Crippen LogP contribution in [0.4, 0.5) is 0 Å². The Bertz CT molecular complexity index is 834. The molecule has 2 rings (SSSR count). The average molecular weight is 444 g/mol. The van der Waals surface area contributed by atoms with E-state index in [1.165, 1.54) is 12.1 Å². The number of piperazine rings is 1. The maximum atomic E-state index is 13.0. The molecule has 0 spiro atoms. The normalized spacial score (nSPS) is 16.4. The molecule has 29 heavy (non-hydrogen) atoms. The van der Waals surface area contributed by atoms with E-state index in [1.54, 1.807) is 35.8 Å². The van der Waals surface area contributed by atoms with E-state index < -0.39 is 16.1 Å². The summed E-state index contributed by atoms with van der Waals surface area (Å²) in [5, 5.41) is 0.308. The molecule has 1 saturated heterocycles. The highest BCUT2D eigenvalue weighted by Gasteiger charge is 2.33. The minimum atomic E-state index is -3.89. The molecule has 1 aliphatic rings. The Balaban J connectivity index is 2.06. The van der Waals surface area contributed by atoms with Crippen molar-refractivity contribution in [3.8, 4) is 0 Å². The van der Waals surface area contributed by atoms with Gasteiger partial charge in [-0.2, -0.15) is 4.72 Å². The molecular weight excluding hydrogens is 414 g/mol. The predicted octanol–water partition coefficient (Wildman–Crippen LogP) is 2.36. The topological polar surface area (TPSA) is 86.8 Å². The number of nitrogens with zero attached hydrogens (tertiary/aromatic N) is 2. The van der Waals surface area contributed by atoms with E-state index in [2.05, 4.69) is 4.72 Å². The molecule has 7 nitrogen and oxygen atoms in total. The highest BCUT2D eigenvalue weighted by Crippen LogP contribution is 2.18. The van der Waals surface area contributed by atoms with E-state index in [9.17, 15) is 18.0 Å². The molecular formula is C20H30ClN3O4S. The molecule has 0 aliphatic carbocycles. The largest absolute Gasteiger partial charge is 0.339 e. The van der Waals surface area contributed by atoms with Gasteiger partial charge >= 0.3 is 0 Å². The van der Waals surface area contributed by atoms with Gasteiger partial charge in [0.1, 0.15) is 6.04 Å². The molecule has 1 aliphatic heterocycles. The number of nitrogens with one attached hydrogen (secondary N) is 1. The lowest BCUT2D eigenvalue weighted by Gasteiger charge is -2.37. The molecule has 0 aromatic heterocycles. The fraction of sp³-hybridized carbons (Fsp3) is 0.600. The summed E-state index contributed by atoms with van der Waals surface area (Å²) in [5.74, 6) is -0.138. The van der Waals surface area contributed by atoms with E-state index in [0.29, 0.717) is 37.6 Å². The second-order valence-electron chi connectivity index (χ2n) is 8.10. The Morgan fingerprint density at radius 3 is 2.17 bits per heavy atom. The number of hydrogen-bond acceptors (Lipinski definition) is 4. The number of halogens is 1. The van der Waals surface area contributed by atoms with Crippen LogP contribution in [0.3, 0.4) is 0 Å². The first-order valence-corrected chi connectivity index (χ1v) is 11.7. The second kappa shape index (κ2) is 9.91. The van der Waals surface area contributed by atoms with Crippen LogP contribution in [0, 0.1) is 11.8 Å². The Morgan fingerprint density at radius 2 is 1.66 bits per heavy atom. The lowest BCUT2D eigenvalue weighted by atomic mass is 10.0. The first-order valence-electron chi connectivity index (χ1n) is 9.85. The van der Waals surface area contributed by atoms with E-state index >= 15 is 0 Å². The molecule has 1 atom stereocenters. The Morgan fingerprint density at radius 1 is 1.07 bits per heavy atom. The minimum absolute atomic E-state index is 0.0209. The SMILES string of the molecule is CC(C)CC(=O)N1CCN(C(=O)[C@@H](NS(=O)(=O)c2cccc(Cl)c2)C(C)C)CC1. The van der Waals surface area contributed by atoms with Crippen LogP contribution in [0.2, 0.25) is 5.02 Å². The number of benzene rings is 1. The zero-order valence-corrected chi connectivity index (χ0v) is 19.0. The summed E-state index contributed by atoms with van der Waals surface area (Å²) in [7, 11) is -3.89. The number of sulfonamides is 1. The van der Waals surface area contributed by atoms with Gasteiger partial charge < -0.3 is 9.80 Å². The van der Waals surface area contributed by atoms with Gasteiger partial charge in [-0.05, 0) is 30.0 Å². The number of amides is 2. The van der Waals surface area contributed by atoms with Crippen molar-refractivity contribution in [3.63, 3.8) is 0 Å². The van der Waals surface area contributed by atoms with Crippen LogP contribution in [-0.2, 0) is 19.6 Å². The predicted molar refractivity (Wildman–Crippen MR) is 113 cm³/mol. The van der Waals surface area contributed by atoms with Crippen molar-refractivity contribution in [3.05, 3.63) is 29.3 Å². The van der Waals surface area contributed by atoms with Gasteiger partial charge in [-0.25, -0.2) is 8.42 Å². The van der Waals surface area contributed by atoms with E-state index in [4.69, 9.17) is 11.6 Å². The molecule has 1 fully saturated rings. The molecule has 1 N–H and O–H groups in total. The van der Waals surface area contributed by atoms with Gasteiger partial charge in [0.15, 0.2) is 0 Å². The molecule has 2 amide bonds. The van der Waals surface area contributed by atoms with Gasteiger partial charge in [0.2, 0.25) is 21.8 Å². The zero-order valence-electron chi connectivity index (χ0n) is 17.4. The molecule has 1 aromatic carbocycles. The van der Waals surface area contributed by atoms with Crippen LogP contribution in [0.1, 0.15) is 34.1 Å². The van der Waals surface area contributed by atoms with Crippen molar-refractivity contribution in [1.82, 2.24) is 14.5 Å². The molecule has 1 heterocycles. The van der Waals surface area contributed by atoms with E-state index in [0.717, 1.165) is 0 Å². The Kier molecular flexibility index (Phi) is 8.08. The molecule has 0 saturated carbocycles. The first-order chi connectivity index (χ1) is 13.5. The Hall–Kier alpha value is -1.64. The lowest BCUT2D eigenvalue weighted by molar-refractivity contribution is -0.141. The van der Waals surface area contributed by atoms with Crippen molar-refractivity contribution in [2.24, 2.45) is 11.8 Å². The molecule has 9 heteroatoms. The second-order valence-corrected chi connectivity index (χ2v) is 10.3. The molecule has 0 unspecified atom stereocenters. The zero-order chi connectivity index (χ0) is 21.8. The molecule has 0 bridgehead atoms. The third-order valence-electron chi connectivity index (χ3n) is 4.85. The van der Waals surface area contributed by atoms with Gasteiger partial charge in [0.25, 0.3) is 0 Å². The summed E-state index contributed by atoms with van der Waals surface area (Å²) >= 11 is 5.91. The number of rotatable bonds is 7. The van der Waals surface area contributed by atoms with Crippen LogP contribution in [0.5, 0.6) is 0 Å². The summed E-state index contributed by atoms with van der Waals surface area (Å²) in [5.41, 5.74) is 0. The number of carbonyl (C=O) groups excluding carboxylic acids is 2. The maximum Gasteiger partial charge on any atom is 0.241 e. The summed E-state index contributed by atoms with van der Waals surface area (Å²) in [6.07, 6.45) is 0.488. The van der Waals surface area contributed by atoms with Gasteiger partial charge in [0.05, 0.1) is 4.90 Å². The number of carbonyl (C=O) groups is 2. The van der Waals surface area contributed by atoms with Crippen LogP contribution < -0.4 is 4.72 Å². The van der Waals surface area contributed by atoms with Gasteiger partial charge in [0, 0.05) is 37.6 Å². The third kappa shape index (κ3) is 6.42. The fourth-order valence-electron chi connectivity index (χ4n) is 3.19. The minimum Gasteiger partial charge on any atom is -0.339 e. The highest BCUT2D eigenvalue weighted by molar-refractivity contribution is 7.89. The summed E-state index contributed by atoms with van der Waals surface area (Å²) in [6, 6.07) is 5.04. The molecule has 0 radical (unpaired) electrons. The third-order valence-corrected chi connectivity index (χ3v) is 6.52. The van der Waals surface area contributed by atoms with Gasteiger partial charge in [-0.3, -0.25) is 9.59 Å². The van der Waals surface area contributed by atoms with Crippen molar-refractivity contribution in [2.45, 2.75) is 45.1 Å². The maximum absolute atomic E-state index is 13.0. The lowest BCUT2D eigenvalue weighted by Crippen LogP contribution is -2.57. The average Bonchev–Trinajstić information content (AvgIpc) is 2.65. The smallest absolute Gasteiger partial charge is 0.241 e. The van der Waals surface area contributed by atoms with Crippen LogP contribution in [0.25, 0.3) is 0 Å². The van der Waals surface area contributed by atoms with E-state index in [-0.39, 0.29) is 28.5 Å². The van der Waals surface area contributed by atoms with Gasteiger partial charge in [-0.1, -0.05) is 45.4 Å². The molecule has 1 aromatic rings. The van der Waals surface area contributed by atoms with Gasteiger partial charge in [-0.15, -0.1) is 0 Å². The van der Waals surface area contributed by atoms with Crippen LogP contribution in [0.15, 0.2) is 29.2 Å². The standard InChI is InChI=1S/C20H30ClN3O4S/c1-14(2)12-18(25)23-8-10-24(11-9-23)20(26)19(15(3)4)22-29(27,28)17-7-5-6-16(21)13-17/h5-7,13-15,19,22H,8-12H2,1-4H3/t19-/m0/s1. The van der Waals surface area contributed by atoms with Crippen molar-refractivity contribution in [2.75, 3.05) is 26.2 Å². The van der Waals surface area contributed by atoms with E-state index in [1.807, 2.05) is 13.8 Å². The van der Waals surface area contributed by atoms with Crippen LogP contribution in [-0.4, -0.2) is 62.3 Å². The van der Waals surface area contributed by atoms with Crippen molar-refractivity contribution < 1.29 is 18.0 Å². The Labute approximate surface area is 178 Å². The quantitative estimate of drug-likeness (QED) is 0.700. The van der Waals surface area contributed by atoms with Crippen molar-refractivity contribution in [1.29, 1.82) is 0 Å². The fourth-order valence-corrected chi connectivity index (χ4v) is 4.83. The monoisotopic (exact) mass is 443 g/mol. The summed E-state index contributed by atoms with van der Waals surface area (Å²) in [6.45, 7) is 9.30. The highest BCUT2D eigenvalue weighted by atomic mass is 35.5. The number of hydrogen-bond donors (Lipinski definition) is 1. The molecule has 162 valence electrons.